The number of hydrogen-bond donors (Lipinski definition) is 2. The van der Waals surface area contributed by atoms with Gasteiger partial charge in [0.15, 0.2) is 0 Å². The molecular formula is C7H17NNaO. The molecule has 0 aromatic heterocycles. The van der Waals surface area contributed by atoms with Gasteiger partial charge in [-0.1, -0.05) is 13.3 Å². The van der Waals surface area contributed by atoms with E-state index in [1.165, 1.54) is 12.8 Å². The van der Waals surface area contributed by atoms with Crippen molar-refractivity contribution in [2.24, 2.45) is 0 Å². The molecule has 2 N–H and O–H groups in total. The topological polar surface area (TPSA) is 32.3 Å². The minimum atomic E-state index is -0.207. The van der Waals surface area contributed by atoms with Gasteiger partial charge in [0.25, 0.3) is 0 Å². The zero-order valence-electron chi connectivity index (χ0n) is 7.35. The van der Waals surface area contributed by atoms with Crippen LogP contribution < -0.4 is 5.32 Å². The fourth-order valence-electron chi connectivity index (χ4n) is 0.613. The second-order valence-corrected chi connectivity index (χ2v) is 2.41. The zero-order valence-corrected chi connectivity index (χ0v) is 9.35. The molecule has 57 valence electrons. The van der Waals surface area contributed by atoms with Gasteiger partial charge >= 0.3 is 0 Å². The molecule has 10 heavy (non-hydrogen) atoms. The standard InChI is InChI=1S/C7H17NO.Na/c1-3-4-5-8-6-7(2)9;/h7-9H,3-6H2,1-2H3;. The van der Waals surface area contributed by atoms with Crippen LogP contribution in [-0.4, -0.2) is 53.9 Å². The molecule has 0 heterocycles. The third kappa shape index (κ3) is 11.7. The minimum absolute atomic E-state index is 0. The second-order valence-electron chi connectivity index (χ2n) is 2.41. The van der Waals surface area contributed by atoms with Crippen molar-refractivity contribution < 1.29 is 5.11 Å². The van der Waals surface area contributed by atoms with E-state index >= 15 is 0 Å². The normalized spacial score (nSPS) is 12.3. The molecule has 0 saturated heterocycles. The van der Waals surface area contributed by atoms with Crippen LogP contribution in [0.1, 0.15) is 26.7 Å². The molecule has 1 unspecified atom stereocenters. The van der Waals surface area contributed by atoms with Crippen molar-refractivity contribution in [3.8, 4) is 0 Å². The first-order valence-electron chi connectivity index (χ1n) is 3.66. The molecular weight excluding hydrogens is 137 g/mol. The summed E-state index contributed by atoms with van der Waals surface area (Å²) in [7, 11) is 0. The first-order valence-corrected chi connectivity index (χ1v) is 3.66. The predicted octanol–water partition coefficient (Wildman–Crippen LogP) is 0.376. The van der Waals surface area contributed by atoms with Crippen molar-refractivity contribution >= 4 is 29.6 Å². The molecule has 0 aromatic carbocycles. The summed E-state index contributed by atoms with van der Waals surface area (Å²) in [5, 5.41) is 11.9. The van der Waals surface area contributed by atoms with Gasteiger partial charge in [-0.25, -0.2) is 0 Å². The maximum absolute atomic E-state index is 8.79. The largest absolute Gasteiger partial charge is 0.392 e. The van der Waals surface area contributed by atoms with Crippen LogP contribution in [0, 0.1) is 0 Å². The maximum atomic E-state index is 8.79. The Bertz CT molecular complexity index is 59.6. The van der Waals surface area contributed by atoms with Gasteiger partial charge in [0, 0.05) is 36.1 Å². The van der Waals surface area contributed by atoms with Crippen molar-refractivity contribution in [3.05, 3.63) is 0 Å². The Hall–Kier alpha value is 0.920. The quantitative estimate of drug-likeness (QED) is 0.443. The molecule has 0 aliphatic rings. The zero-order chi connectivity index (χ0) is 7.11. The maximum Gasteiger partial charge on any atom is 0.0636 e. The van der Waals surface area contributed by atoms with E-state index in [1.807, 2.05) is 0 Å². The average Bonchev–Trinajstić information content (AvgIpc) is 1.80. The van der Waals surface area contributed by atoms with Crippen LogP contribution in [0.15, 0.2) is 0 Å². The van der Waals surface area contributed by atoms with Crippen molar-refractivity contribution in [1.82, 2.24) is 5.32 Å². The first kappa shape index (κ1) is 13.5. The third-order valence-electron chi connectivity index (χ3n) is 1.15. The average molecular weight is 154 g/mol. The minimum Gasteiger partial charge on any atom is -0.392 e. The molecule has 0 spiro atoms. The van der Waals surface area contributed by atoms with Crippen LogP contribution in [-0.2, 0) is 0 Å². The smallest absolute Gasteiger partial charge is 0.0636 e. The van der Waals surface area contributed by atoms with Crippen LogP contribution in [0.5, 0.6) is 0 Å². The van der Waals surface area contributed by atoms with Gasteiger partial charge in [-0.05, 0) is 19.9 Å². The van der Waals surface area contributed by atoms with Crippen molar-refractivity contribution in [3.63, 3.8) is 0 Å². The van der Waals surface area contributed by atoms with Crippen LogP contribution in [0.2, 0.25) is 0 Å². The monoisotopic (exact) mass is 154 g/mol. The van der Waals surface area contributed by atoms with Crippen LogP contribution in [0.3, 0.4) is 0 Å². The van der Waals surface area contributed by atoms with Crippen LogP contribution in [0.4, 0.5) is 0 Å². The molecule has 1 atom stereocenters. The van der Waals surface area contributed by atoms with E-state index < -0.39 is 0 Å². The molecule has 2 nitrogen and oxygen atoms in total. The van der Waals surface area contributed by atoms with Gasteiger partial charge < -0.3 is 10.4 Å². The first-order chi connectivity index (χ1) is 4.27. The number of rotatable bonds is 5. The Morgan fingerprint density at radius 3 is 2.50 bits per heavy atom. The van der Waals surface area contributed by atoms with Crippen molar-refractivity contribution in [2.75, 3.05) is 13.1 Å². The Morgan fingerprint density at radius 2 is 2.10 bits per heavy atom. The van der Waals surface area contributed by atoms with Crippen molar-refractivity contribution in [2.45, 2.75) is 32.8 Å². The van der Waals surface area contributed by atoms with Gasteiger partial charge in [0.2, 0.25) is 0 Å². The fourth-order valence-corrected chi connectivity index (χ4v) is 0.613. The summed E-state index contributed by atoms with van der Waals surface area (Å²) in [4.78, 5) is 0. The summed E-state index contributed by atoms with van der Waals surface area (Å²) in [5.74, 6) is 0. The molecule has 3 heteroatoms. The Labute approximate surface area is 85.7 Å². The number of aliphatic hydroxyl groups excluding tert-OH is 1. The fraction of sp³-hybridized carbons (Fsp3) is 1.00. The van der Waals surface area contributed by atoms with Gasteiger partial charge in [0.1, 0.15) is 0 Å². The molecule has 0 amide bonds. The van der Waals surface area contributed by atoms with E-state index in [1.54, 1.807) is 6.92 Å². The molecule has 0 rings (SSSR count). The number of hydrogen-bond acceptors (Lipinski definition) is 2. The van der Waals surface area contributed by atoms with E-state index in [-0.39, 0.29) is 35.7 Å². The summed E-state index contributed by atoms with van der Waals surface area (Å²) in [6.45, 7) is 5.70. The van der Waals surface area contributed by atoms with Gasteiger partial charge in [0.05, 0.1) is 6.10 Å². The molecule has 0 aliphatic carbocycles. The van der Waals surface area contributed by atoms with E-state index in [9.17, 15) is 0 Å². The second kappa shape index (κ2) is 9.92. The summed E-state index contributed by atoms with van der Waals surface area (Å²) in [6.07, 6.45) is 2.21. The van der Waals surface area contributed by atoms with Crippen LogP contribution >= 0.6 is 0 Å². The van der Waals surface area contributed by atoms with E-state index in [4.69, 9.17) is 5.11 Å². The Kier molecular flexibility index (Phi) is 13.4. The molecule has 0 aliphatic heterocycles. The van der Waals surface area contributed by atoms with E-state index in [0.717, 1.165) is 13.1 Å². The SMILES string of the molecule is CCCCNCC(C)O.[Na]. The molecule has 0 saturated carbocycles. The Morgan fingerprint density at radius 1 is 1.50 bits per heavy atom. The Balaban J connectivity index is 0. The number of unbranched alkanes of at least 4 members (excludes halogenated alkanes) is 1. The predicted molar refractivity (Wildman–Crippen MR) is 45.2 cm³/mol. The summed E-state index contributed by atoms with van der Waals surface area (Å²) >= 11 is 0. The third-order valence-corrected chi connectivity index (χ3v) is 1.15. The molecule has 0 fully saturated rings. The summed E-state index contributed by atoms with van der Waals surface area (Å²) in [6, 6.07) is 0. The molecule has 0 aromatic rings. The van der Waals surface area contributed by atoms with Gasteiger partial charge in [-0.2, -0.15) is 0 Å². The number of nitrogens with one attached hydrogen (secondary N) is 1. The molecule has 1 radical (unpaired) electrons. The summed E-state index contributed by atoms with van der Waals surface area (Å²) in [5.41, 5.74) is 0. The van der Waals surface area contributed by atoms with Gasteiger partial charge in [-0.3, -0.25) is 0 Å². The van der Waals surface area contributed by atoms with E-state index in [0.29, 0.717) is 0 Å². The van der Waals surface area contributed by atoms with E-state index in [2.05, 4.69) is 12.2 Å². The van der Waals surface area contributed by atoms with Gasteiger partial charge in [-0.15, -0.1) is 0 Å². The molecule has 0 bridgehead atoms. The van der Waals surface area contributed by atoms with Crippen molar-refractivity contribution in [1.29, 1.82) is 0 Å². The summed E-state index contributed by atoms with van der Waals surface area (Å²) < 4.78 is 0. The number of aliphatic hydroxyl groups is 1. The van der Waals surface area contributed by atoms with Crippen LogP contribution in [0.25, 0.3) is 0 Å².